The fourth-order valence-electron chi connectivity index (χ4n) is 3.40. The van der Waals surface area contributed by atoms with Crippen LogP contribution in [-0.2, 0) is 15.8 Å². The molecule has 2 rings (SSSR count). The third kappa shape index (κ3) is 3.99. The molecule has 0 aliphatic heterocycles. The average molecular weight is 380 g/mol. The molecule has 1 saturated carbocycles. The lowest BCUT2D eigenvalue weighted by Crippen LogP contribution is -2.25. The number of alkyl halides is 3. The molecule has 0 heterocycles. The molecule has 3 nitrogen and oxygen atoms in total. The molecular weight excluding hydrogens is 357 g/mol. The Morgan fingerprint density at radius 1 is 1.07 bits per heavy atom. The number of hydrogen-bond donors (Lipinski definition) is 1. The van der Waals surface area contributed by atoms with Gasteiger partial charge in [0.05, 0.1) is 5.56 Å². The Bertz CT molecular complexity index is 849. The van der Waals surface area contributed by atoms with Crippen molar-refractivity contribution >= 4 is 22.9 Å². The molecule has 1 aromatic carbocycles. The van der Waals surface area contributed by atoms with E-state index in [0.717, 1.165) is 12.1 Å². The summed E-state index contributed by atoms with van der Waals surface area (Å²) >= 11 is 0. The second-order valence-corrected chi connectivity index (χ2v) is 7.37. The Morgan fingerprint density at radius 3 is 2.04 bits per heavy atom. The standard InChI is InChI=1S/C21H23F3O3/c1-10(2)12(4)18-13(5)14(6-7-15(18)21(22,23)24)20(27)19-16(25)8-11(3)9-17(19)26/h6-7,11,27H,8-9H2,1-5H3. The zero-order valence-electron chi connectivity index (χ0n) is 16.0. The number of Topliss-reactive ketones (excluding diaryl/α,β-unsaturated/α-hetero) is 2. The highest BCUT2D eigenvalue weighted by atomic mass is 19.4. The fourth-order valence-corrected chi connectivity index (χ4v) is 3.40. The molecule has 146 valence electrons. The summed E-state index contributed by atoms with van der Waals surface area (Å²) in [5, 5.41) is 10.6. The summed E-state index contributed by atoms with van der Waals surface area (Å²) in [5.41, 5.74) is 0.252. The van der Waals surface area contributed by atoms with E-state index in [2.05, 4.69) is 0 Å². The van der Waals surface area contributed by atoms with E-state index in [1.165, 1.54) is 6.92 Å². The summed E-state index contributed by atoms with van der Waals surface area (Å²) in [4.78, 5) is 24.5. The normalized spacial score (nSPS) is 17.9. The third-order valence-electron chi connectivity index (χ3n) is 5.01. The van der Waals surface area contributed by atoms with Crippen molar-refractivity contribution in [2.75, 3.05) is 0 Å². The first-order valence-electron chi connectivity index (χ1n) is 8.71. The first kappa shape index (κ1) is 20.9. The molecule has 0 bridgehead atoms. The largest absolute Gasteiger partial charge is 0.506 e. The van der Waals surface area contributed by atoms with E-state index in [9.17, 15) is 27.9 Å². The highest BCUT2D eigenvalue weighted by Crippen LogP contribution is 2.40. The van der Waals surface area contributed by atoms with Crippen molar-refractivity contribution in [2.45, 2.75) is 53.6 Å². The topological polar surface area (TPSA) is 54.4 Å². The lowest BCUT2D eigenvalue weighted by Gasteiger charge is -2.22. The molecular formula is C21H23F3O3. The number of halogens is 3. The van der Waals surface area contributed by atoms with Crippen LogP contribution in [0.25, 0.3) is 11.3 Å². The van der Waals surface area contributed by atoms with Gasteiger partial charge in [-0.1, -0.05) is 18.6 Å². The zero-order valence-corrected chi connectivity index (χ0v) is 16.0. The quantitative estimate of drug-likeness (QED) is 0.409. The average Bonchev–Trinajstić information content (AvgIpc) is 2.51. The van der Waals surface area contributed by atoms with Crippen LogP contribution in [-0.4, -0.2) is 16.7 Å². The Kier molecular flexibility index (Phi) is 5.68. The van der Waals surface area contributed by atoms with Gasteiger partial charge in [0.15, 0.2) is 11.6 Å². The zero-order chi connectivity index (χ0) is 20.7. The van der Waals surface area contributed by atoms with Crippen LogP contribution in [0.5, 0.6) is 0 Å². The van der Waals surface area contributed by atoms with Crippen molar-refractivity contribution in [1.29, 1.82) is 0 Å². The Labute approximate surface area is 156 Å². The molecule has 6 heteroatoms. The van der Waals surface area contributed by atoms with Crippen LogP contribution in [0.2, 0.25) is 0 Å². The number of benzene rings is 1. The molecule has 0 amide bonds. The first-order valence-corrected chi connectivity index (χ1v) is 8.71. The van der Waals surface area contributed by atoms with Crippen LogP contribution < -0.4 is 0 Å². The van der Waals surface area contributed by atoms with Gasteiger partial charge in [-0.05, 0) is 56.4 Å². The summed E-state index contributed by atoms with van der Waals surface area (Å²) in [6.07, 6.45) is -4.31. The van der Waals surface area contributed by atoms with Crippen molar-refractivity contribution in [1.82, 2.24) is 0 Å². The molecule has 1 fully saturated rings. The van der Waals surface area contributed by atoms with Gasteiger partial charge < -0.3 is 5.11 Å². The summed E-state index contributed by atoms with van der Waals surface area (Å²) in [5.74, 6) is -1.60. The predicted octanol–water partition coefficient (Wildman–Crippen LogP) is 5.66. The van der Waals surface area contributed by atoms with Crippen molar-refractivity contribution in [3.63, 3.8) is 0 Å². The monoisotopic (exact) mass is 380 g/mol. The fraction of sp³-hybridized carbons (Fsp3) is 0.429. The van der Waals surface area contributed by atoms with Gasteiger partial charge in [0.25, 0.3) is 0 Å². The highest BCUT2D eigenvalue weighted by molar-refractivity contribution is 6.26. The van der Waals surface area contributed by atoms with Crippen LogP contribution in [0, 0.1) is 12.8 Å². The molecule has 0 spiro atoms. The molecule has 0 radical (unpaired) electrons. The van der Waals surface area contributed by atoms with E-state index in [1.807, 2.05) is 0 Å². The minimum absolute atomic E-state index is 0.0313. The highest BCUT2D eigenvalue weighted by Gasteiger charge is 2.36. The van der Waals surface area contributed by atoms with Gasteiger partial charge in [-0.15, -0.1) is 0 Å². The smallest absolute Gasteiger partial charge is 0.417 e. The van der Waals surface area contributed by atoms with Crippen LogP contribution >= 0.6 is 0 Å². The number of allylic oxidation sites excluding steroid dienone is 3. The van der Waals surface area contributed by atoms with Crippen LogP contribution in [0.15, 0.2) is 23.3 Å². The Morgan fingerprint density at radius 2 is 1.59 bits per heavy atom. The van der Waals surface area contributed by atoms with Gasteiger partial charge in [-0.25, -0.2) is 0 Å². The molecule has 1 aliphatic carbocycles. The maximum absolute atomic E-state index is 13.5. The van der Waals surface area contributed by atoms with Crippen LogP contribution in [0.4, 0.5) is 13.2 Å². The van der Waals surface area contributed by atoms with Crippen LogP contribution in [0.3, 0.4) is 0 Å². The lowest BCUT2D eigenvalue weighted by atomic mass is 9.82. The number of ketones is 2. The number of carbonyl (C=O) groups is 2. The third-order valence-corrected chi connectivity index (χ3v) is 5.01. The molecule has 1 N–H and O–H groups in total. The van der Waals surface area contributed by atoms with Gasteiger partial charge in [-0.2, -0.15) is 13.2 Å². The number of rotatable bonds is 2. The molecule has 0 atom stereocenters. The second kappa shape index (κ2) is 7.33. The van der Waals surface area contributed by atoms with E-state index in [0.29, 0.717) is 11.1 Å². The minimum Gasteiger partial charge on any atom is -0.506 e. The number of hydrogen-bond acceptors (Lipinski definition) is 3. The molecule has 0 unspecified atom stereocenters. The first-order chi connectivity index (χ1) is 12.4. The second-order valence-electron chi connectivity index (χ2n) is 7.37. The SMILES string of the molecule is CC(C)=C(C)c1c(C(F)(F)F)ccc(C(O)=C2C(=O)CC(C)CC2=O)c1C. The maximum Gasteiger partial charge on any atom is 0.417 e. The molecule has 1 aliphatic rings. The maximum atomic E-state index is 13.5. The van der Waals surface area contributed by atoms with Gasteiger partial charge in [0.1, 0.15) is 11.3 Å². The number of carbonyl (C=O) groups excluding carboxylic acids is 2. The molecule has 0 aromatic heterocycles. The molecule has 27 heavy (non-hydrogen) atoms. The van der Waals surface area contributed by atoms with Gasteiger partial charge >= 0.3 is 6.18 Å². The Balaban J connectivity index is 2.79. The molecule has 1 aromatic rings. The summed E-state index contributed by atoms with van der Waals surface area (Å²) in [7, 11) is 0. The van der Waals surface area contributed by atoms with Gasteiger partial charge in [0.2, 0.25) is 0 Å². The minimum atomic E-state index is -4.57. The van der Waals surface area contributed by atoms with Crippen molar-refractivity contribution < 1.29 is 27.9 Å². The summed E-state index contributed by atoms with van der Waals surface area (Å²) in [6.45, 7) is 8.22. The lowest BCUT2D eigenvalue weighted by molar-refractivity contribution is -0.137. The van der Waals surface area contributed by atoms with E-state index in [-0.39, 0.29) is 41.0 Å². The van der Waals surface area contributed by atoms with E-state index < -0.39 is 29.1 Å². The van der Waals surface area contributed by atoms with E-state index in [1.54, 1.807) is 27.7 Å². The van der Waals surface area contributed by atoms with E-state index >= 15 is 0 Å². The summed E-state index contributed by atoms with van der Waals surface area (Å²) < 4.78 is 40.5. The number of aliphatic hydroxyl groups excluding tert-OH is 1. The summed E-state index contributed by atoms with van der Waals surface area (Å²) in [6, 6.07) is 2.02. The predicted molar refractivity (Wildman–Crippen MR) is 98.1 cm³/mol. The molecule has 0 saturated heterocycles. The van der Waals surface area contributed by atoms with E-state index in [4.69, 9.17) is 0 Å². The van der Waals surface area contributed by atoms with Crippen molar-refractivity contribution in [3.8, 4) is 0 Å². The van der Waals surface area contributed by atoms with Crippen molar-refractivity contribution in [2.24, 2.45) is 5.92 Å². The number of aliphatic hydroxyl groups is 1. The Hall–Kier alpha value is -2.37. The van der Waals surface area contributed by atoms with Crippen molar-refractivity contribution in [3.05, 3.63) is 45.5 Å². The van der Waals surface area contributed by atoms with Gasteiger partial charge in [-0.3, -0.25) is 9.59 Å². The van der Waals surface area contributed by atoms with Crippen LogP contribution in [0.1, 0.15) is 62.8 Å². The van der Waals surface area contributed by atoms with Gasteiger partial charge in [0, 0.05) is 18.4 Å².